The molecule has 0 aliphatic carbocycles. The third-order valence-electron chi connectivity index (χ3n) is 0.479. The van der Waals surface area contributed by atoms with Crippen molar-refractivity contribution in [3.63, 3.8) is 0 Å². The van der Waals surface area contributed by atoms with Crippen LogP contribution in [0.4, 0.5) is 0 Å². The monoisotopic (exact) mass is 126 g/mol. The van der Waals surface area contributed by atoms with Gasteiger partial charge in [0.15, 0.2) is 0 Å². The van der Waals surface area contributed by atoms with Crippen molar-refractivity contribution in [2.45, 2.75) is 6.42 Å². The Bertz CT molecular complexity index is 24.9. The number of hydrogen-bond donors (Lipinski definition) is 3. The standard InChI is InChI=1S/C3H10N2O.ClH/c4-5-2-1-3-6;/h5-6H,1-4H2;1H. The lowest BCUT2D eigenvalue weighted by molar-refractivity contribution is 0.286. The molecule has 0 atom stereocenters. The highest BCUT2D eigenvalue weighted by Gasteiger charge is 1.74. The normalized spacial score (nSPS) is 7.71. The molecule has 0 aromatic heterocycles. The summed E-state index contributed by atoms with van der Waals surface area (Å²) in [6, 6.07) is 0. The fourth-order valence-electron chi connectivity index (χ4n) is 0.181. The topological polar surface area (TPSA) is 58.3 Å². The molecule has 0 aromatic rings. The van der Waals surface area contributed by atoms with Crippen LogP contribution in [0.5, 0.6) is 0 Å². The van der Waals surface area contributed by atoms with Crippen LogP contribution < -0.4 is 11.3 Å². The van der Waals surface area contributed by atoms with Gasteiger partial charge in [-0.1, -0.05) is 0 Å². The van der Waals surface area contributed by atoms with E-state index in [1.54, 1.807) is 0 Å². The maximum absolute atomic E-state index is 8.10. The Balaban J connectivity index is 0. The molecule has 0 amide bonds. The molecular formula is C3H11ClN2O. The molecule has 0 spiro atoms. The third kappa shape index (κ3) is 10.7. The number of hydrogen-bond acceptors (Lipinski definition) is 3. The zero-order valence-corrected chi connectivity index (χ0v) is 4.87. The van der Waals surface area contributed by atoms with Crippen LogP contribution in [-0.2, 0) is 0 Å². The molecule has 0 aromatic carbocycles. The molecule has 3 nitrogen and oxygen atoms in total. The van der Waals surface area contributed by atoms with Crippen LogP contribution in [0.15, 0.2) is 0 Å². The molecule has 0 unspecified atom stereocenters. The van der Waals surface area contributed by atoms with Gasteiger partial charge in [0.25, 0.3) is 0 Å². The van der Waals surface area contributed by atoms with Crippen LogP contribution in [0.2, 0.25) is 0 Å². The zero-order valence-electron chi connectivity index (χ0n) is 4.05. The molecule has 7 heavy (non-hydrogen) atoms. The maximum atomic E-state index is 8.10. The van der Waals surface area contributed by atoms with E-state index in [2.05, 4.69) is 5.43 Å². The molecular weight excluding hydrogens is 115 g/mol. The van der Waals surface area contributed by atoms with Crippen molar-refractivity contribution in [2.24, 2.45) is 5.84 Å². The van der Waals surface area contributed by atoms with E-state index < -0.39 is 0 Å². The van der Waals surface area contributed by atoms with Gasteiger partial charge in [0.05, 0.1) is 0 Å². The van der Waals surface area contributed by atoms with Crippen LogP contribution in [0.3, 0.4) is 0 Å². The minimum Gasteiger partial charge on any atom is -0.396 e. The SMILES string of the molecule is Cl.NNCCCO. The highest BCUT2D eigenvalue weighted by molar-refractivity contribution is 5.85. The van der Waals surface area contributed by atoms with E-state index in [4.69, 9.17) is 10.9 Å². The van der Waals surface area contributed by atoms with Gasteiger partial charge in [0.2, 0.25) is 0 Å². The van der Waals surface area contributed by atoms with Crippen LogP contribution in [0, 0.1) is 0 Å². The van der Waals surface area contributed by atoms with Crippen molar-refractivity contribution in [3.8, 4) is 0 Å². The Kier molecular flexibility index (Phi) is 13.8. The predicted octanol–water partition coefficient (Wildman–Crippen LogP) is -0.746. The van der Waals surface area contributed by atoms with Crippen molar-refractivity contribution >= 4 is 12.4 Å². The van der Waals surface area contributed by atoms with E-state index in [-0.39, 0.29) is 19.0 Å². The van der Waals surface area contributed by atoms with Gasteiger partial charge in [0, 0.05) is 13.2 Å². The molecule has 0 bridgehead atoms. The molecule has 0 radical (unpaired) electrons. The minimum absolute atomic E-state index is 0. The summed E-state index contributed by atoms with van der Waals surface area (Å²) in [6.45, 7) is 0.903. The summed E-state index contributed by atoms with van der Waals surface area (Å²) in [5, 5.41) is 8.10. The minimum atomic E-state index is 0. The van der Waals surface area contributed by atoms with Gasteiger partial charge in [-0.05, 0) is 6.42 Å². The van der Waals surface area contributed by atoms with Crippen LogP contribution >= 0.6 is 12.4 Å². The lowest BCUT2D eigenvalue weighted by Gasteiger charge is -1.89. The Hall–Kier alpha value is 0.170. The molecule has 4 N–H and O–H groups in total. The second-order valence-electron chi connectivity index (χ2n) is 1.03. The van der Waals surface area contributed by atoms with Gasteiger partial charge in [-0.3, -0.25) is 11.3 Å². The van der Waals surface area contributed by atoms with Gasteiger partial charge < -0.3 is 5.11 Å². The van der Waals surface area contributed by atoms with Crippen molar-refractivity contribution < 1.29 is 5.11 Å². The quantitative estimate of drug-likeness (QED) is 0.265. The number of aliphatic hydroxyl groups excluding tert-OH is 1. The summed E-state index contributed by atoms with van der Waals surface area (Å²) < 4.78 is 0. The van der Waals surface area contributed by atoms with Crippen LogP contribution in [0.25, 0.3) is 0 Å². The molecule has 0 rings (SSSR count). The van der Waals surface area contributed by atoms with Gasteiger partial charge in [-0.15, -0.1) is 12.4 Å². The van der Waals surface area contributed by atoms with E-state index >= 15 is 0 Å². The number of aliphatic hydroxyl groups is 1. The van der Waals surface area contributed by atoms with E-state index in [0.29, 0.717) is 6.54 Å². The lowest BCUT2D eigenvalue weighted by Crippen LogP contribution is -2.23. The number of halogens is 1. The summed E-state index contributed by atoms with van der Waals surface area (Å²) in [7, 11) is 0. The van der Waals surface area contributed by atoms with Gasteiger partial charge >= 0.3 is 0 Å². The maximum Gasteiger partial charge on any atom is 0.0443 e. The molecule has 46 valence electrons. The molecule has 0 heterocycles. The first-order valence-corrected chi connectivity index (χ1v) is 1.96. The largest absolute Gasteiger partial charge is 0.396 e. The average Bonchev–Trinajstić information content (AvgIpc) is 1.61. The Morgan fingerprint density at radius 3 is 2.29 bits per heavy atom. The van der Waals surface area contributed by atoms with E-state index in [1.165, 1.54) is 0 Å². The van der Waals surface area contributed by atoms with Crippen molar-refractivity contribution in [3.05, 3.63) is 0 Å². The number of nitrogens with one attached hydrogen (secondary N) is 1. The number of nitrogens with two attached hydrogens (primary N) is 1. The predicted molar refractivity (Wildman–Crippen MR) is 31.1 cm³/mol. The molecule has 0 saturated heterocycles. The number of rotatable bonds is 3. The summed E-state index contributed by atoms with van der Waals surface area (Å²) in [6.07, 6.45) is 0.733. The molecule has 0 saturated carbocycles. The summed E-state index contributed by atoms with van der Waals surface area (Å²) in [5.41, 5.74) is 2.41. The van der Waals surface area contributed by atoms with E-state index in [0.717, 1.165) is 6.42 Å². The molecule has 0 fully saturated rings. The molecule has 0 aliphatic heterocycles. The summed E-state index contributed by atoms with van der Waals surface area (Å²) in [4.78, 5) is 0. The second-order valence-corrected chi connectivity index (χ2v) is 1.03. The Labute approximate surface area is 49.3 Å². The smallest absolute Gasteiger partial charge is 0.0443 e. The van der Waals surface area contributed by atoms with Crippen LogP contribution in [-0.4, -0.2) is 18.3 Å². The summed E-state index contributed by atoms with van der Waals surface area (Å²) >= 11 is 0. The fraction of sp³-hybridized carbons (Fsp3) is 1.00. The molecule has 4 heteroatoms. The second kappa shape index (κ2) is 9.48. The first-order chi connectivity index (χ1) is 2.91. The van der Waals surface area contributed by atoms with Crippen molar-refractivity contribution in [1.82, 2.24) is 5.43 Å². The Morgan fingerprint density at radius 2 is 2.14 bits per heavy atom. The van der Waals surface area contributed by atoms with Crippen molar-refractivity contribution in [1.29, 1.82) is 0 Å². The highest BCUT2D eigenvalue weighted by Crippen LogP contribution is 1.64. The van der Waals surface area contributed by atoms with Crippen molar-refractivity contribution in [2.75, 3.05) is 13.2 Å². The highest BCUT2D eigenvalue weighted by atomic mass is 35.5. The molecule has 0 aliphatic rings. The first-order valence-electron chi connectivity index (χ1n) is 1.96. The van der Waals surface area contributed by atoms with E-state index in [1.807, 2.05) is 0 Å². The zero-order chi connectivity index (χ0) is 4.83. The fourth-order valence-corrected chi connectivity index (χ4v) is 0.181. The Morgan fingerprint density at radius 1 is 1.57 bits per heavy atom. The van der Waals surface area contributed by atoms with Gasteiger partial charge in [0.1, 0.15) is 0 Å². The lowest BCUT2D eigenvalue weighted by atomic mass is 10.5. The number of hydrazine groups is 1. The first kappa shape index (κ1) is 10.2. The third-order valence-corrected chi connectivity index (χ3v) is 0.479. The van der Waals surface area contributed by atoms with Crippen LogP contribution in [0.1, 0.15) is 6.42 Å². The van der Waals surface area contributed by atoms with E-state index in [9.17, 15) is 0 Å². The van der Waals surface area contributed by atoms with Gasteiger partial charge in [-0.25, -0.2) is 0 Å². The summed E-state index contributed by atoms with van der Waals surface area (Å²) in [5.74, 6) is 4.85. The van der Waals surface area contributed by atoms with Gasteiger partial charge in [-0.2, -0.15) is 0 Å². The average molecular weight is 127 g/mol.